The van der Waals surface area contributed by atoms with E-state index in [4.69, 9.17) is 0 Å². The summed E-state index contributed by atoms with van der Waals surface area (Å²) >= 11 is 0. The zero-order valence-corrected chi connectivity index (χ0v) is 19.4. The summed E-state index contributed by atoms with van der Waals surface area (Å²) in [6.07, 6.45) is 0. The number of hydrogen-bond acceptors (Lipinski definition) is 0. The fourth-order valence-electron chi connectivity index (χ4n) is 0. The number of hydrogen-bond donors (Lipinski definition) is 6. The Labute approximate surface area is 150 Å². The molecule has 0 spiro atoms. The average Bonchev–Trinajstić information content (AvgIpc) is 0.918. The third-order valence-electron chi connectivity index (χ3n) is 0. The van der Waals surface area contributed by atoms with Gasteiger partial charge < -0.3 is 138 Å². The van der Waals surface area contributed by atoms with Crippen molar-refractivity contribution in [2.75, 3.05) is 14.1 Å². The van der Waals surface area contributed by atoms with Crippen LogP contribution in [-0.4, -0.2) is 14.1 Å². The molecule has 0 aromatic rings. The van der Waals surface area contributed by atoms with Gasteiger partial charge in [-0.25, -0.2) is 0 Å². The van der Waals surface area contributed by atoms with Crippen LogP contribution in [0.25, 0.3) is 0 Å². The van der Waals surface area contributed by atoms with Gasteiger partial charge in [-0.15, -0.1) is 0 Å². The highest BCUT2D eigenvalue weighted by Gasteiger charge is 1.29. The molecule has 6 nitrogen and oxygen atoms in total. The molecule has 0 aromatic heterocycles. The number of nitrogens with two attached hydrogens (primary N) is 1. The summed E-state index contributed by atoms with van der Waals surface area (Å²) in [6.45, 7) is 0. The molecule has 0 aliphatic heterocycles. The van der Waals surface area contributed by atoms with Crippen molar-refractivity contribution in [1.82, 2.24) is 30.8 Å². The quantitative estimate of drug-likeness (QED) is 0.151. The molecular weight excluding hydrogens is 587 g/mol. The molecule has 0 aromatic carbocycles. The van der Waals surface area contributed by atoms with Crippen molar-refractivity contribution < 1.29 is 107 Å². The van der Waals surface area contributed by atoms with Crippen LogP contribution in [-0.2, 0) is 0 Å². The van der Waals surface area contributed by atoms with Gasteiger partial charge in [-0.1, -0.05) is 0 Å². The lowest BCUT2D eigenvalue weighted by molar-refractivity contribution is -0.597. The van der Waals surface area contributed by atoms with E-state index < -0.39 is 0 Å². The average molecular weight is 616 g/mol. The molecule has 0 radical (unpaired) electrons. The first kappa shape index (κ1) is 189. The Morgan fingerprint density at radius 3 is 0.429 bits per heavy atom. The zero-order valence-electron chi connectivity index (χ0n) is 9.85. The Kier molecular flexibility index (Phi) is 3420. The van der Waals surface area contributed by atoms with Crippen LogP contribution in [0.4, 0.5) is 0 Å². The van der Waals surface area contributed by atoms with Crippen LogP contribution in [0.3, 0.4) is 0 Å². The Hall–Kier alpha value is 2.64. The van der Waals surface area contributed by atoms with Crippen molar-refractivity contribution in [2.24, 2.45) is 0 Å². The van der Waals surface area contributed by atoms with Crippen molar-refractivity contribution in [3.8, 4) is 0 Å². The summed E-state index contributed by atoms with van der Waals surface area (Å²) in [6, 6.07) is 0. The molecule has 12 heteroatoms. The molecule has 0 aliphatic rings. The SMILES string of the molecule is C[NH2+]C.[Br-].[Br-].[Br-].[Br-].[Br-].[Br-].[NH4+].[NH4+].[NH4+].[NH4+].[NH4+]. The summed E-state index contributed by atoms with van der Waals surface area (Å²) in [4.78, 5) is 0. The number of rotatable bonds is 0. The molecule has 0 fully saturated rings. The maximum absolute atomic E-state index is 2.00. The summed E-state index contributed by atoms with van der Waals surface area (Å²) < 4.78 is 0. The summed E-state index contributed by atoms with van der Waals surface area (Å²) in [5.41, 5.74) is 0. The van der Waals surface area contributed by atoms with Gasteiger partial charge in [-0.05, 0) is 0 Å². The molecule has 0 saturated carbocycles. The van der Waals surface area contributed by atoms with Crippen LogP contribution in [0.2, 0.25) is 0 Å². The van der Waals surface area contributed by atoms with Gasteiger partial charge in [-0.3, -0.25) is 0 Å². The summed E-state index contributed by atoms with van der Waals surface area (Å²) in [5.74, 6) is 0. The second-order valence-corrected chi connectivity index (χ2v) is 0.577. The van der Waals surface area contributed by atoms with E-state index in [1.54, 1.807) is 0 Å². The second kappa shape index (κ2) is 253. The molecule has 0 amide bonds. The highest BCUT2D eigenvalue weighted by atomic mass is 79.9. The smallest absolute Gasteiger partial charge is 0.0647 e. The van der Waals surface area contributed by atoms with E-state index in [1.165, 1.54) is 0 Å². The molecule has 0 unspecified atom stereocenters. The minimum atomic E-state index is 0. The van der Waals surface area contributed by atoms with Gasteiger partial charge in [0.25, 0.3) is 0 Å². The monoisotopic (exact) mass is 610 g/mol. The molecule has 0 heterocycles. The van der Waals surface area contributed by atoms with E-state index in [0.29, 0.717) is 0 Å². The normalized spacial score (nSPS) is 1.29. The molecule has 108 valence electrons. The molecule has 0 saturated heterocycles. The van der Waals surface area contributed by atoms with E-state index in [0.717, 1.165) is 0 Å². The minimum absolute atomic E-state index is 0. The van der Waals surface area contributed by atoms with Gasteiger partial charge in [0, 0.05) is 0 Å². The first-order chi connectivity index (χ1) is 1.41. The Balaban J connectivity index is -0.000000000364. The number of halogens is 6. The minimum Gasteiger partial charge on any atom is -1.00 e. The van der Waals surface area contributed by atoms with Crippen LogP contribution in [0.1, 0.15) is 0 Å². The molecule has 0 atom stereocenters. The van der Waals surface area contributed by atoms with Crippen molar-refractivity contribution >= 4 is 0 Å². The lowest BCUT2D eigenvalue weighted by atomic mass is 11.3. The topological polar surface area (TPSA) is 199 Å². The standard InChI is InChI=1S/C2H7N.6BrH.5H3N/c1-3-2;;;;;;;;;;;/h3H,1-2H3;6*1H;5*1H3. The van der Waals surface area contributed by atoms with Crippen molar-refractivity contribution in [1.29, 1.82) is 0 Å². The predicted octanol–water partition coefficient (Wildman–Crippen LogP) is -17.3. The van der Waals surface area contributed by atoms with Crippen LogP contribution >= 0.6 is 0 Å². The van der Waals surface area contributed by atoms with E-state index in [9.17, 15) is 0 Å². The zero-order chi connectivity index (χ0) is 2.71. The van der Waals surface area contributed by atoms with E-state index in [2.05, 4.69) is 0 Å². The largest absolute Gasteiger partial charge is 1.00 e. The highest BCUT2D eigenvalue weighted by molar-refractivity contribution is 3.35. The summed E-state index contributed by atoms with van der Waals surface area (Å²) in [7, 11) is 4.00. The van der Waals surface area contributed by atoms with Gasteiger partial charge in [0.2, 0.25) is 0 Å². The first-order valence-corrected chi connectivity index (χ1v) is 1.15. The van der Waals surface area contributed by atoms with Gasteiger partial charge in [0.05, 0.1) is 14.1 Å². The third kappa shape index (κ3) is 391. The summed E-state index contributed by atoms with van der Waals surface area (Å²) in [5, 5.41) is 2.00. The maximum atomic E-state index is 2.00. The maximum Gasteiger partial charge on any atom is 0.0647 e. The Morgan fingerprint density at radius 2 is 0.429 bits per heavy atom. The van der Waals surface area contributed by atoms with Crippen molar-refractivity contribution in [2.45, 2.75) is 0 Å². The lowest BCUT2D eigenvalue weighted by Gasteiger charge is -1.57. The van der Waals surface area contributed by atoms with Gasteiger partial charge >= 0.3 is 0 Å². The van der Waals surface area contributed by atoms with E-state index in [-0.39, 0.29) is 133 Å². The molecule has 0 rings (SSSR count). The van der Waals surface area contributed by atoms with Gasteiger partial charge in [0.1, 0.15) is 0 Å². The molecular formula is C2H28Br6N6. The Bertz CT molecular complexity index is 20.3. The molecule has 14 heavy (non-hydrogen) atoms. The Morgan fingerprint density at radius 1 is 0.429 bits per heavy atom. The molecule has 22 N–H and O–H groups in total. The van der Waals surface area contributed by atoms with Gasteiger partial charge in [0.15, 0.2) is 0 Å². The highest BCUT2D eigenvalue weighted by Crippen LogP contribution is 0.586. The molecule has 0 aliphatic carbocycles. The van der Waals surface area contributed by atoms with Crippen LogP contribution in [0, 0.1) is 0 Å². The van der Waals surface area contributed by atoms with E-state index in [1.807, 2.05) is 19.4 Å². The lowest BCUT2D eigenvalue weighted by Crippen LogP contribution is -3.00. The van der Waals surface area contributed by atoms with Crippen LogP contribution in [0.5, 0.6) is 0 Å². The third-order valence-corrected chi connectivity index (χ3v) is 0. The fourth-order valence-corrected chi connectivity index (χ4v) is 0. The molecule has 0 bridgehead atoms. The van der Waals surface area contributed by atoms with Crippen LogP contribution in [0.15, 0.2) is 0 Å². The van der Waals surface area contributed by atoms with Gasteiger partial charge in [-0.2, -0.15) is 0 Å². The van der Waals surface area contributed by atoms with Crippen LogP contribution < -0.4 is 138 Å². The van der Waals surface area contributed by atoms with Crippen molar-refractivity contribution in [3.05, 3.63) is 0 Å². The van der Waals surface area contributed by atoms with E-state index >= 15 is 0 Å². The number of quaternary nitrogens is 6. The first-order valence-electron chi connectivity index (χ1n) is 1.15. The fraction of sp³-hybridized carbons (Fsp3) is 1.00. The van der Waals surface area contributed by atoms with Crippen molar-refractivity contribution in [3.63, 3.8) is 0 Å². The predicted molar refractivity (Wildman–Crippen MR) is 43.7 cm³/mol. The second-order valence-electron chi connectivity index (χ2n) is 0.577.